The van der Waals surface area contributed by atoms with Crippen LogP contribution in [-0.4, -0.2) is 17.7 Å². The molecule has 2 atom stereocenters. The lowest BCUT2D eigenvalue weighted by atomic mass is 9.41. The van der Waals surface area contributed by atoms with E-state index in [-0.39, 0.29) is 45.2 Å². The van der Waals surface area contributed by atoms with Crippen molar-refractivity contribution in [2.75, 3.05) is 0 Å². The maximum atomic E-state index is 4.98. The van der Waals surface area contributed by atoms with Gasteiger partial charge in [0.25, 0.3) is 6.71 Å². The molecule has 2 nitrogen and oxygen atoms in total. The van der Waals surface area contributed by atoms with Gasteiger partial charge in [0.2, 0.25) is 0 Å². The van der Waals surface area contributed by atoms with Gasteiger partial charge in [0, 0.05) is 28.0 Å². The molecule has 1 aromatic carbocycles. The second-order valence-corrected chi connectivity index (χ2v) is 27.7. The average molecular weight is 995 g/mol. The Bertz CT molecular complexity index is 2750. The SMILES string of the molecule is C=CCC/C=C/C(=C/C)C(=C\CC(/C=C\C)=C/C)/N/C(=C/C(=C)C)C1=CN(C2C=C3C(=CC2)C(C)(C)CCC3(C)C)C(CC2C(=C)C(C)(C)CCC2(C)C)=CB1c1cc2cc3c(cc2s1)C(C)(C)CCC3(C)C. The van der Waals surface area contributed by atoms with Crippen LogP contribution in [0.15, 0.2) is 173 Å². The lowest BCUT2D eigenvalue weighted by Crippen LogP contribution is -2.45. The number of hydrogen-bond donors (Lipinski definition) is 1. The summed E-state index contributed by atoms with van der Waals surface area (Å²) in [6.45, 7) is 51.8. The first-order valence-electron chi connectivity index (χ1n) is 28.2. The zero-order valence-corrected chi connectivity index (χ0v) is 49.5. The van der Waals surface area contributed by atoms with E-state index in [1.807, 2.05) is 17.4 Å². The summed E-state index contributed by atoms with van der Waals surface area (Å²) >= 11 is 2.00. The minimum atomic E-state index is -0.00672. The summed E-state index contributed by atoms with van der Waals surface area (Å²) in [5.41, 5.74) is 16.7. The Hall–Kier alpha value is -4.54. The molecule has 73 heavy (non-hydrogen) atoms. The molecule has 1 aromatic heterocycles. The molecule has 0 saturated heterocycles. The molecule has 1 N–H and O–H groups in total. The molecular weight excluding hydrogens is 900 g/mol. The molecule has 7 rings (SSSR count). The largest absolute Gasteiger partial charge is 0.356 e. The summed E-state index contributed by atoms with van der Waals surface area (Å²) in [7, 11) is 0. The molecule has 0 spiro atoms. The van der Waals surface area contributed by atoms with Gasteiger partial charge in [0.15, 0.2) is 0 Å². The summed E-state index contributed by atoms with van der Waals surface area (Å²) in [5, 5.41) is 5.56. The third-order valence-electron chi connectivity index (χ3n) is 18.3. The minimum absolute atomic E-state index is 0.00672. The highest BCUT2D eigenvalue weighted by molar-refractivity contribution is 7.30. The van der Waals surface area contributed by atoms with Crippen LogP contribution in [0.5, 0.6) is 0 Å². The highest BCUT2D eigenvalue weighted by Crippen LogP contribution is 2.56. The monoisotopic (exact) mass is 995 g/mol. The molecule has 2 heterocycles. The van der Waals surface area contributed by atoms with E-state index in [1.165, 1.54) is 92.4 Å². The maximum absolute atomic E-state index is 4.98. The fourth-order valence-corrected chi connectivity index (χ4v) is 13.9. The van der Waals surface area contributed by atoms with Gasteiger partial charge in [-0.05, 0) is 210 Å². The van der Waals surface area contributed by atoms with Crippen LogP contribution in [0.2, 0.25) is 0 Å². The van der Waals surface area contributed by atoms with Crippen molar-refractivity contribution in [1.29, 1.82) is 0 Å². The van der Waals surface area contributed by atoms with E-state index in [2.05, 4.69) is 225 Å². The Morgan fingerprint density at radius 3 is 2.07 bits per heavy atom. The number of allylic oxidation sites excluding steroid dienone is 16. The van der Waals surface area contributed by atoms with Crippen molar-refractivity contribution in [2.45, 2.75) is 198 Å². The molecule has 0 amide bonds. The Kier molecular flexibility index (Phi) is 16.6. The van der Waals surface area contributed by atoms with E-state index < -0.39 is 0 Å². The smallest absolute Gasteiger partial charge is 0.253 e. The normalized spacial score (nSPS) is 24.7. The standard InChI is InChI=1S/C69H95BN2S/c1-20-24-25-26-28-50(23-4)60(32-29-49(22-3)27-21-2)71-61(39-47(5)6)59-46-72(52-30-31-54-57(42-52)68(16,17)36-35-65(54,10)11)53(43-55-48(7)64(8,9)33-34-66(55,12)13)45-70(59)63-41-51-40-56-58(44-62(51)73-63)69(18,19)38-37-67(56,14)15/h20-23,26-28,31-32,39-42,44-46,52,55,71H,1,5,7,24-25,29-30,33-38,43H2,2-4,6,8-19H3/b27-21-,28-26+,49-22+,50-23-,60-32+,61-39+. The minimum Gasteiger partial charge on any atom is -0.356 e. The highest BCUT2D eigenvalue weighted by atomic mass is 32.1. The van der Waals surface area contributed by atoms with Crippen LogP contribution in [-0.2, 0) is 10.8 Å². The lowest BCUT2D eigenvalue weighted by molar-refractivity contribution is 0.118. The van der Waals surface area contributed by atoms with Crippen molar-refractivity contribution in [1.82, 2.24) is 10.2 Å². The molecule has 0 bridgehead atoms. The van der Waals surface area contributed by atoms with E-state index in [0.29, 0.717) is 5.92 Å². The van der Waals surface area contributed by atoms with E-state index in [1.54, 1.807) is 11.1 Å². The number of hydrogen-bond acceptors (Lipinski definition) is 3. The van der Waals surface area contributed by atoms with Gasteiger partial charge in [-0.3, -0.25) is 0 Å². The summed E-state index contributed by atoms with van der Waals surface area (Å²) in [6, 6.07) is 7.87. The number of fused-ring (bicyclic) bond motifs is 3. The predicted octanol–water partition coefficient (Wildman–Crippen LogP) is 19.3. The van der Waals surface area contributed by atoms with Crippen molar-refractivity contribution in [3.05, 3.63) is 184 Å². The van der Waals surface area contributed by atoms with Gasteiger partial charge in [0.05, 0.1) is 6.04 Å². The second kappa shape index (κ2) is 21.6. The topological polar surface area (TPSA) is 15.3 Å². The quantitative estimate of drug-likeness (QED) is 0.0780. The molecule has 2 saturated carbocycles. The zero-order valence-electron chi connectivity index (χ0n) is 48.7. The maximum Gasteiger partial charge on any atom is 0.253 e. The number of unbranched alkanes of at least 4 members (excludes halogenated alkanes) is 1. The first kappa shape index (κ1) is 56.2. The number of nitrogens with zero attached hydrogens (tertiary/aromatic N) is 1. The first-order valence-corrected chi connectivity index (χ1v) is 29.0. The van der Waals surface area contributed by atoms with Gasteiger partial charge >= 0.3 is 0 Å². The zero-order chi connectivity index (χ0) is 53.5. The van der Waals surface area contributed by atoms with Crippen molar-refractivity contribution in [2.24, 2.45) is 27.6 Å². The Morgan fingerprint density at radius 2 is 1.44 bits per heavy atom. The number of rotatable bonds is 16. The highest BCUT2D eigenvalue weighted by Gasteiger charge is 2.46. The van der Waals surface area contributed by atoms with Gasteiger partial charge in [-0.2, -0.15) is 0 Å². The fourth-order valence-electron chi connectivity index (χ4n) is 12.8. The second-order valence-electron chi connectivity index (χ2n) is 26.6. The first-order chi connectivity index (χ1) is 34.2. The molecule has 390 valence electrons. The van der Waals surface area contributed by atoms with E-state index >= 15 is 0 Å². The van der Waals surface area contributed by atoms with Gasteiger partial charge < -0.3 is 10.2 Å². The van der Waals surface area contributed by atoms with Crippen molar-refractivity contribution in [3.8, 4) is 0 Å². The van der Waals surface area contributed by atoms with Crippen LogP contribution in [0, 0.1) is 27.6 Å². The van der Waals surface area contributed by atoms with E-state index in [9.17, 15) is 0 Å². The molecule has 4 heteroatoms. The molecule has 5 aliphatic rings. The van der Waals surface area contributed by atoms with Gasteiger partial charge in [-0.15, -0.1) is 17.9 Å². The predicted molar refractivity (Wildman–Crippen MR) is 326 cm³/mol. The molecule has 4 aliphatic carbocycles. The van der Waals surface area contributed by atoms with Crippen LogP contribution in [0.3, 0.4) is 0 Å². The molecule has 1 aliphatic heterocycles. The van der Waals surface area contributed by atoms with Crippen LogP contribution >= 0.6 is 11.3 Å². The van der Waals surface area contributed by atoms with Crippen molar-refractivity contribution in [3.63, 3.8) is 0 Å². The van der Waals surface area contributed by atoms with Crippen molar-refractivity contribution < 1.29 is 0 Å². The number of thiophene rings is 1. The third-order valence-corrected chi connectivity index (χ3v) is 19.5. The Balaban J connectivity index is 1.49. The Morgan fingerprint density at radius 1 is 0.795 bits per heavy atom. The summed E-state index contributed by atoms with van der Waals surface area (Å²) < 4.78 is 2.77. The van der Waals surface area contributed by atoms with E-state index in [4.69, 9.17) is 6.58 Å². The van der Waals surface area contributed by atoms with Crippen LogP contribution in [0.25, 0.3) is 10.1 Å². The average Bonchev–Trinajstić information content (AvgIpc) is 3.76. The molecule has 2 unspecified atom stereocenters. The van der Waals surface area contributed by atoms with Crippen molar-refractivity contribution >= 4 is 32.9 Å². The molecule has 0 radical (unpaired) electrons. The van der Waals surface area contributed by atoms with Crippen LogP contribution < -0.4 is 10.1 Å². The van der Waals surface area contributed by atoms with Gasteiger partial charge in [-0.25, -0.2) is 0 Å². The molecule has 2 aromatic rings. The van der Waals surface area contributed by atoms with Crippen LogP contribution in [0.4, 0.5) is 0 Å². The van der Waals surface area contributed by atoms with E-state index in [0.717, 1.165) is 49.1 Å². The Labute approximate surface area is 450 Å². The van der Waals surface area contributed by atoms with Gasteiger partial charge in [-0.1, -0.05) is 174 Å². The molecular formula is C69H95BN2S. The summed E-state index contributed by atoms with van der Waals surface area (Å²) in [6.07, 6.45) is 39.9. The fraction of sp³-hybridized carbons (Fsp3) is 0.507. The third kappa shape index (κ3) is 12.0. The summed E-state index contributed by atoms with van der Waals surface area (Å²) in [4.78, 5) is 2.74. The number of benzene rings is 1. The van der Waals surface area contributed by atoms with Crippen LogP contribution in [0.1, 0.15) is 193 Å². The summed E-state index contributed by atoms with van der Waals surface area (Å²) in [5.74, 6) is 3.05. The molecule has 2 fully saturated rings. The lowest BCUT2D eigenvalue weighted by Gasteiger charge is -2.50. The number of nitrogens with one attached hydrogen (secondary N) is 1. The van der Waals surface area contributed by atoms with Gasteiger partial charge in [0.1, 0.15) is 0 Å².